The Bertz CT molecular complexity index is 1100. The lowest BCUT2D eigenvalue weighted by atomic mass is 10.1. The summed E-state index contributed by atoms with van der Waals surface area (Å²) in [6, 6.07) is -1.46. The van der Waals surface area contributed by atoms with Crippen molar-refractivity contribution < 1.29 is 54.0 Å². The van der Waals surface area contributed by atoms with E-state index in [0.29, 0.717) is 25.8 Å². The number of carbonyl (C=O) groups is 7. The Balaban J connectivity index is 2.76. The highest BCUT2D eigenvalue weighted by Crippen LogP contribution is 2.10. The van der Waals surface area contributed by atoms with Gasteiger partial charge in [0, 0.05) is 71.4 Å². The van der Waals surface area contributed by atoms with E-state index in [2.05, 4.69) is 16.0 Å². The van der Waals surface area contributed by atoms with Gasteiger partial charge in [0.1, 0.15) is 6.04 Å². The number of amides is 2. The lowest BCUT2D eigenvalue weighted by Crippen LogP contribution is -2.51. The highest BCUT2D eigenvalue weighted by atomic mass is 32.2. The molecule has 2 amide bonds. The maximum atomic E-state index is 13.0. The summed E-state index contributed by atoms with van der Waals surface area (Å²) >= 11 is 1.17. The van der Waals surface area contributed by atoms with Crippen molar-refractivity contribution in [2.45, 2.75) is 64.1 Å². The molecule has 1 fully saturated rings. The summed E-state index contributed by atoms with van der Waals surface area (Å²) < 4.78 is 0. The minimum absolute atomic E-state index is 0.0546. The Hall–Kier alpha value is -3.36. The molecule has 1 aliphatic rings. The topological polar surface area (TPSA) is 249 Å². The fourth-order valence-electron chi connectivity index (χ4n) is 5.36. The van der Waals surface area contributed by atoms with E-state index in [0.717, 1.165) is 0 Å². The molecule has 0 aliphatic carbocycles. The van der Waals surface area contributed by atoms with Gasteiger partial charge in [-0.15, -0.1) is 0 Å². The van der Waals surface area contributed by atoms with Gasteiger partial charge in [0.25, 0.3) is 0 Å². The highest BCUT2D eigenvalue weighted by Gasteiger charge is 2.25. The van der Waals surface area contributed by atoms with Crippen LogP contribution in [0.2, 0.25) is 0 Å². The summed E-state index contributed by atoms with van der Waals surface area (Å²) in [6.45, 7) is 4.78. The van der Waals surface area contributed by atoms with Crippen LogP contribution in [-0.4, -0.2) is 190 Å². The first-order chi connectivity index (χ1) is 23.6. The number of thioether (sulfide) groups is 1. The first kappa shape index (κ1) is 44.7. The van der Waals surface area contributed by atoms with E-state index in [1.54, 1.807) is 25.9 Å². The summed E-state index contributed by atoms with van der Waals surface area (Å²) in [6.07, 6.45) is 3.40. The number of unbranched alkanes of at least 4 members (excludes halogenated alkanes) is 1. The molecule has 0 unspecified atom stereocenters. The summed E-state index contributed by atoms with van der Waals surface area (Å²) in [7, 11) is 0. The molecule has 0 aromatic heterocycles. The number of rotatable bonds is 21. The van der Waals surface area contributed by atoms with Gasteiger partial charge in [-0.1, -0.05) is 25.6 Å². The highest BCUT2D eigenvalue weighted by molar-refractivity contribution is 8.13. The molecule has 0 aromatic rings. The average molecular weight is 734 g/mol. The Kier molecular flexibility index (Phi) is 22.1. The summed E-state index contributed by atoms with van der Waals surface area (Å²) in [5.41, 5.74) is 0. The summed E-state index contributed by atoms with van der Waals surface area (Å²) in [5, 5.41) is 46.3. The number of carboxylic acid groups (broad SMARTS) is 4. The number of hydrogen-bond acceptors (Lipinski definition) is 13. The lowest BCUT2D eigenvalue weighted by molar-refractivity contribution is -0.142. The quantitative estimate of drug-likeness (QED) is 0.0653. The Morgan fingerprint density at radius 3 is 1.44 bits per heavy atom. The molecule has 0 bridgehead atoms. The van der Waals surface area contributed by atoms with Gasteiger partial charge in [0.15, 0.2) is 0 Å². The molecular formula is C31H55N7O11S. The zero-order chi connectivity index (χ0) is 37.6. The largest absolute Gasteiger partial charge is 0.480 e. The second-order valence-corrected chi connectivity index (χ2v) is 13.3. The van der Waals surface area contributed by atoms with Crippen LogP contribution in [0.3, 0.4) is 0 Å². The standard InChI is InChI=1S/C31H55N7O11S/c1-22(2)33-24(31(49)50-3)6-4-5-9-32-25(39)8-7-23(30(47)48)34-26(40)18-35-10-12-36(19-27(41)42)14-16-38(21-29(45)46)17-15-37(13-11-35)20-28(43)44/h22-24,33H,4-21H2,1-3H3,(H,32,39)(H,34,40)(H,41,42)(H,43,44)(H,45,46)(H,47,48)/t23-,24+/m0/s1. The van der Waals surface area contributed by atoms with Crippen LogP contribution < -0.4 is 16.0 Å². The van der Waals surface area contributed by atoms with Crippen molar-refractivity contribution in [3.8, 4) is 0 Å². The predicted molar refractivity (Wildman–Crippen MR) is 185 cm³/mol. The predicted octanol–water partition coefficient (Wildman–Crippen LogP) is -1.65. The van der Waals surface area contributed by atoms with E-state index in [-0.39, 0.29) is 114 Å². The van der Waals surface area contributed by atoms with Gasteiger partial charge in [-0.25, -0.2) is 4.79 Å². The van der Waals surface area contributed by atoms with Crippen molar-refractivity contribution in [3.63, 3.8) is 0 Å². The Morgan fingerprint density at radius 2 is 1.06 bits per heavy atom. The van der Waals surface area contributed by atoms with Crippen LogP contribution in [0.4, 0.5) is 0 Å². The van der Waals surface area contributed by atoms with Crippen molar-refractivity contribution in [3.05, 3.63) is 0 Å². The van der Waals surface area contributed by atoms with E-state index < -0.39 is 35.8 Å². The second-order valence-electron chi connectivity index (χ2n) is 12.5. The van der Waals surface area contributed by atoms with Crippen molar-refractivity contribution >= 4 is 52.6 Å². The minimum Gasteiger partial charge on any atom is -0.480 e. The van der Waals surface area contributed by atoms with Crippen molar-refractivity contribution in [2.75, 3.05) is 91.3 Å². The van der Waals surface area contributed by atoms with Crippen LogP contribution in [0, 0.1) is 0 Å². The molecule has 2 atom stereocenters. The lowest BCUT2D eigenvalue weighted by Gasteiger charge is -2.33. The van der Waals surface area contributed by atoms with Crippen LogP contribution in [0.5, 0.6) is 0 Å². The van der Waals surface area contributed by atoms with E-state index in [1.165, 1.54) is 11.8 Å². The molecule has 286 valence electrons. The molecule has 19 heteroatoms. The molecule has 1 rings (SSSR count). The van der Waals surface area contributed by atoms with Crippen LogP contribution in [0.1, 0.15) is 46.0 Å². The first-order valence-corrected chi connectivity index (χ1v) is 18.0. The van der Waals surface area contributed by atoms with Gasteiger partial charge in [-0.2, -0.15) is 0 Å². The number of hydrogen-bond donors (Lipinski definition) is 7. The molecule has 0 aromatic carbocycles. The molecule has 50 heavy (non-hydrogen) atoms. The first-order valence-electron chi connectivity index (χ1n) is 16.8. The molecule has 0 saturated carbocycles. The van der Waals surface area contributed by atoms with Gasteiger partial charge in [0.05, 0.1) is 32.2 Å². The number of aliphatic carboxylic acids is 4. The normalized spacial score (nSPS) is 17.2. The van der Waals surface area contributed by atoms with Gasteiger partial charge in [-0.05, 0) is 31.9 Å². The monoisotopic (exact) mass is 733 g/mol. The summed E-state index contributed by atoms with van der Waals surface area (Å²) in [5.74, 6) is -5.54. The minimum atomic E-state index is -1.34. The maximum absolute atomic E-state index is 13.0. The van der Waals surface area contributed by atoms with Crippen LogP contribution in [-0.2, 0) is 33.6 Å². The van der Waals surface area contributed by atoms with Gasteiger partial charge >= 0.3 is 23.9 Å². The van der Waals surface area contributed by atoms with Crippen LogP contribution >= 0.6 is 11.8 Å². The van der Waals surface area contributed by atoms with E-state index >= 15 is 0 Å². The number of nitrogens with one attached hydrogen (secondary N) is 3. The number of nitrogens with zero attached hydrogens (tertiary/aromatic N) is 4. The zero-order valence-electron chi connectivity index (χ0n) is 29.3. The van der Waals surface area contributed by atoms with Crippen LogP contribution in [0.25, 0.3) is 0 Å². The molecule has 1 aliphatic heterocycles. The van der Waals surface area contributed by atoms with Crippen molar-refractivity contribution in [2.24, 2.45) is 0 Å². The van der Waals surface area contributed by atoms with E-state index in [4.69, 9.17) is 0 Å². The smallest absolute Gasteiger partial charge is 0.326 e. The summed E-state index contributed by atoms with van der Waals surface area (Å²) in [4.78, 5) is 90.4. The molecule has 0 spiro atoms. The fraction of sp³-hybridized carbons (Fsp3) is 0.774. The zero-order valence-corrected chi connectivity index (χ0v) is 30.1. The molecule has 7 N–H and O–H groups in total. The van der Waals surface area contributed by atoms with Gasteiger partial charge in [0.2, 0.25) is 16.9 Å². The molecule has 0 radical (unpaired) electrons. The van der Waals surface area contributed by atoms with Gasteiger partial charge in [-0.3, -0.25) is 48.4 Å². The molecule has 1 saturated heterocycles. The van der Waals surface area contributed by atoms with Gasteiger partial charge < -0.3 is 36.4 Å². The molecular weight excluding hydrogens is 678 g/mol. The second kappa shape index (κ2) is 24.7. The molecule has 18 nitrogen and oxygen atoms in total. The van der Waals surface area contributed by atoms with E-state index in [9.17, 15) is 54.0 Å². The Labute approximate surface area is 297 Å². The molecule has 1 heterocycles. The third kappa shape index (κ3) is 21.0. The van der Waals surface area contributed by atoms with E-state index in [1.807, 2.05) is 13.8 Å². The SMILES string of the molecule is CSC(=O)[C@@H](CCCCNC(=O)CC[C@H](NC(=O)CN1CCN(CC(=O)O)CCN(CC(=O)O)CCN(CC(=O)O)CC1)C(=O)O)NC(C)C. The third-order valence-corrected chi connectivity index (χ3v) is 8.62. The maximum Gasteiger partial charge on any atom is 0.326 e. The van der Waals surface area contributed by atoms with Crippen molar-refractivity contribution in [1.29, 1.82) is 0 Å². The van der Waals surface area contributed by atoms with Crippen molar-refractivity contribution in [1.82, 2.24) is 35.6 Å². The number of carboxylic acids is 4. The third-order valence-electron chi connectivity index (χ3n) is 7.93. The number of carbonyl (C=O) groups excluding carboxylic acids is 3. The Morgan fingerprint density at radius 1 is 0.620 bits per heavy atom. The fourth-order valence-corrected chi connectivity index (χ4v) is 5.83. The van der Waals surface area contributed by atoms with Crippen LogP contribution in [0.15, 0.2) is 0 Å². The average Bonchev–Trinajstić information content (AvgIpc) is 3.02.